The van der Waals surface area contributed by atoms with Gasteiger partial charge >= 0.3 is 6.09 Å². The summed E-state index contributed by atoms with van der Waals surface area (Å²) in [4.78, 5) is 10.8. The van der Waals surface area contributed by atoms with E-state index in [0.717, 1.165) is 12.8 Å². The molecule has 1 fully saturated rings. The average molecular weight is 290 g/mol. The molecule has 0 aromatic carbocycles. The van der Waals surface area contributed by atoms with Crippen molar-refractivity contribution in [1.82, 2.24) is 5.32 Å². The number of carbonyl (C=O) groups is 1. The van der Waals surface area contributed by atoms with Crippen molar-refractivity contribution in [2.24, 2.45) is 11.7 Å². The standard InChI is InChI=1S/C7H15NO3.C7H15NO/c1-7(2,3)11-6(10)8-4-5-9;8-5-6-3-1-2-4-7(6)9/h9H,4-5H2,1-3H3,(H,8,10);6-7,9H,1-5,8H2. The normalized spacial score (nSPS) is 22.5. The van der Waals surface area contributed by atoms with Crippen LogP contribution < -0.4 is 11.1 Å². The second kappa shape index (κ2) is 9.96. The highest BCUT2D eigenvalue weighted by atomic mass is 16.6. The molecule has 0 heterocycles. The number of amides is 1. The minimum absolute atomic E-state index is 0.0702. The van der Waals surface area contributed by atoms with Gasteiger partial charge in [0.25, 0.3) is 0 Å². The van der Waals surface area contributed by atoms with Crippen molar-refractivity contribution >= 4 is 6.09 Å². The molecule has 2 unspecified atom stereocenters. The second-order valence-electron chi connectivity index (χ2n) is 6.00. The van der Waals surface area contributed by atoms with Gasteiger partial charge in [-0.3, -0.25) is 0 Å². The maximum absolute atomic E-state index is 10.8. The van der Waals surface area contributed by atoms with Crippen LogP contribution in [0.4, 0.5) is 4.79 Å². The SMILES string of the molecule is CC(C)(C)OC(=O)NCCO.NCC1CCCCC1O. The van der Waals surface area contributed by atoms with E-state index in [9.17, 15) is 9.90 Å². The van der Waals surface area contributed by atoms with E-state index in [-0.39, 0.29) is 19.3 Å². The molecule has 1 aliphatic carbocycles. The molecular weight excluding hydrogens is 260 g/mol. The number of alkyl carbamates (subject to hydrolysis) is 1. The topological polar surface area (TPSA) is 105 Å². The average Bonchev–Trinajstić information content (AvgIpc) is 2.36. The Morgan fingerprint density at radius 2 is 1.95 bits per heavy atom. The molecule has 5 N–H and O–H groups in total. The Morgan fingerprint density at radius 3 is 2.35 bits per heavy atom. The van der Waals surface area contributed by atoms with Gasteiger partial charge in [-0.25, -0.2) is 4.79 Å². The summed E-state index contributed by atoms with van der Waals surface area (Å²) >= 11 is 0. The fraction of sp³-hybridized carbons (Fsp3) is 0.929. The predicted octanol–water partition coefficient (Wildman–Crippen LogP) is 1.000. The van der Waals surface area contributed by atoms with Gasteiger partial charge in [0.1, 0.15) is 5.60 Å². The Hall–Kier alpha value is -0.850. The molecule has 6 heteroatoms. The molecule has 2 atom stereocenters. The molecule has 1 saturated carbocycles. The summed E-state index contributed by atoms with van der Waals surface area (Å²) < 4.78 is 4.88. The van der Waals surface area contributed by atoms with Gasteiger partial charge in [0.15, 0.2) is 0 Å². The smallest absolute Gasteiger partial charge is 0.407 e. The van der Waals surface area contributed by atoms with E-state index in [1.807, 2.05) is 0 Å². The number of aliphatic hydroxyl groups is 2. The fourth-order valence-corrected chi connectivity index (χ4v) is 1.94. The first kappa shape index (κ1) is 19.1. The van der Waals surface area contributed by atoms with E-state index >= 15 is 0 Å². The van der Waals surface area contributed by atoms with Crippen molar-refractivity contribution in [2.45, 2.75) is 58.2 Å². The summed E-state index contributed by atoms with van der Waals surface area (Å²) in [7, 11) is 0. The van der Waals surface area contributed by atoms with Crippen LogP contribution in [0.3, 0.4) is 0 Å². The van der Waals surface area contributed by atoms with Gasteiger partial charge in [0.05, 0.1) is 12.7 Å². The zero-order valence-corrected chi connectivity index (χ0v) is 12.9. The van der Waals surface area contributed by atoms with Crippen LogP contribution >= 0.6 is 0 Å². The first-order valence-electron chi connectivity index (χ1n) is 7.26. The lowest BCUT2D eigenvalue weighted by atomic mass is 9.87. The molecule has 0 aromatic heterocycles. The summed E-state index contributed by atoms with van der Waals surface area (Å²) in [5.41, 5.74) is 4.96. The maximum Gasteiger partial charge on any atom is 0.407 e. The molecule has 20 heavy (non-hydrogen) atoms. The van der Waals surface area contributed by atoms with E-state index in [0.29, 0.717) is 12.5 Å². The number of hydrogen-bond acceptors (Lipinski definition) is 5. The van der Waals surface area contributed by atoms with Crippen LogP contribution in [0.5, 0.6) is 0 Å². The second-order valence-corrected chi connectivity index (χ2v) is 6.00. The molecule has 0 aliphatic heterocycles. The minimum atomic E-state index is -0.494. The lowest BCUT2D eigenvalue weighted by molar-refractivity contribution is 0.0517. The van der Waals surface area contributed by atoms with Crippen LogP contribution in [0.1, 0.15) is 46.5 Å². The molecule has 0 radical (unpaired) electrons. The maximum atomic E-state index is 10.8. The number of carbonyl (C=O) groups excluding carboxylic acids is 1. The van der Waals surface area contributed by atoms with Gasteiger partial charge in [0, 0.05) is 6.54 Å². The van der Waals surface area contributed by atoms with Gasteiger partial charge in [-0.05, 0) is 46.1 Å². The van der Waals surface area contributed by atoms with Gasteiger partial charge in [-0.2, -0.15) is 0 Å². The highest BCUT2D eigenvalue weighted by molar-refractivity contribution is 5.67. The first-order valence-corrected chi connectivity index (χ1v) is 7.26. The van der Waals surface area contributed by atoms with E-state index in [4.69, 9.17) is 15.6 Å². The van der Waals surface area contributed by atoms with Crippen molar-refractivity contribution in [1.29, 1.82) is 0 Å². The van der Waals surface area contributed by atoms with Crippen LogP contribution in [-0.2, 0) is 4.74 Å². The Morgan fingerprint density at radius 1 is 1.35 bits per heavy atom. The lowest BCUT2D eigenvalue weighted by Crippen LogP contribution is -2.33. The molecular formula is C14H30N2O4. The van der Waals surface area contributed by atoms with Gasteiger partial charge in [-0.1, -0.05) is 12.8 Å². The largest absolute Gasteiger partial charge is 0.444 e. The summed E-state index contributed by atoms with van der Waals surface area (Å²) in [5, 5.41) is 20.0. The zero-order valence-electron chi connectivity index (χ0n) is 12.9. The Labute approximate surface area is 121 Å². The van der Waals surface area contributed by atoms with E-state index in [1.54, 1.807) is 20.8 Å². The molecule has 0 bridgehead atoms. The van der Waals surface area contributed by atoms with Crippen LogP contribution in [0.25, 0.3) is 0 Å². The molecule has 0 spiro atoms. The number of rotatable bonds is 3. The Kier molecular flexibility index (Phi) is 9.54. The molecule has 1 amide bonds. The van der Waals surface area contributed by atoms with E-state index < -0.39 is 11.7 Å². The number of nitrogens with one attached hydrogen (secondary N) is 1. The van der Waals surface area contributed by atoms with Gasteiger partial charge in [-0.15, -0.1) is 0 Å². The summed E-state index contributed by atoms with van der Waals surface area (Å²) in [6, 6.07) is 0. The molecule has 6 nitrogen and oxygen atoms in total. The third kappa shape index (κ3) is 10.00. The highest BCUT2D eigenvalue weighted by Gasteiger charge is 2.20. The molecule has 0 saturated heterocycles. The van der Waals surface area contributed by atoms with Gasteiger partial charge in [0.2, 0.25) is 0 Å². The monoisotopic (exact) mass is 290 g/mol. The quantitative estimate of drug-likeness (QED) is 0.620. The number of nitrogens with two attached hydrogens (primary N) is 1. The first-order chi connectivity index (χ1) is 9.30. The number of ether oxygens (including phenoxy) is 1. The van der Waals surface area contributed by atoms with Crippen molar-refractivity contribution in [3.05, 3.63) is 0 Å². The van der Waals surface area contributed by atoms with Crippen molar-refractivity contribution in [3.8, 4) is 0 Å². The lowest BCUT2D eigenvalue weighted by Gasteiger charge is -2.25. The molecule has 120 valence electrons. The van der Waals surface area contributed by atoms with Crippen molar-refractivity contribution in [3.63, 3.8) is 0 Å². The summed E-state index contributed by atoms with van der Waals surface area (Å²) in [6.45, 7) is 6.16. The van der Waals surface area contributed by atoms with E-state index in [1.165, 1.54) is 12.8 Å². The minimum Gasteiger partial charge on any atom is -0.444 e. The van der Waals surface area contributed by atoms with Crippen LogP contribution in [0.15, 0.2) is 0 Å². The van der Waals surface area contributed by atoms with Crippen LogP contribution in [0, 0.1) is 5.92 Å². The Balaban J connectivity index is 0.000000367. The summed E-state index contributed by atoms with van der Waals surface area (Å²) in [5.74, 6) is 0.388. The third-order valence-corrected chi connectivity index (χ3v) is 2.95. The molecule has 1 rings (SSSR count). The number of aliphatic hydroxyl groups excluding tert-OH is 2. The third-order valence-electron chi connectivity index (χ3n) is 2.95. The van der Waals surface area contributed by atoms with Crippen molar-refractivity contribution in [2.75, 3.05) is 19.7 Å². The van der Waals surface area contributed by atoms with Gasteiger partial charge < -0.3 is 26.0 Å². The van der Waals surface area contributed by atoms with Crippen molar-refractivity contribution < 1.29 is 19.7 Å². The molecule has 0 aromatic rings. The molecule has 1 aliphatic rings. The van der Waals surface area contributed by atoms with Crippen LogP contribution in [0.2, 0.25) is 0 Å². The van der Waals surface area contributed by atoms with E-state index in [2.05, 4.69) is 5.32 Å². The predicted molar refractivity (Wildman–Crippen MR) is 78.3 cm³/mol. The number of hydrogen-bond donors (Lipinski definition) is 4. The summed E-state index contributed by atoms with van der Waals surface area (Å²) in [6.07, 6.45) is 3.91. The van der Waals surface area contributed by atoms with Crippen LogP contribution in [-0.4, -0.2) is 47.7 Å². The highest BCUT2D eigenvalue weighted by Crippen LogP contribution is 2.22. The Bertz CT molecular complexity index is 266. The fourth-order valence-electron chi connectivity index (χ4n) is 1.94. The zero-order chi connectivity index (χ0) is 15.6.